The zero-order valence-corrected chi connectivity index (χ0v) is 15.6. The second-order valence-electron chi connectivity index (χ2n) is 4.10. The molecule has 108 valence electrons. The number of halogens is 2. The van der Waals surface area contributed by atoms with Gasteiger partial charge in [-0.1, -0.05) is 6.07 Å². The fraction of sp³-hybridized carbons (Fsp3) is 0.0769. The fourth-order valence-electron chi connectivity index (χ4n) is 1.94. The number of hydrogen-bond acceptors (Lipinski definition) is 4. The average Bonchev–Trinajstić information content (AvgIpc) is 3.09. The number of aromatic amines is 1. The highest BCUT2D eigenvalue weighted by molar-refractivity contribution is 9.11. The van der Waals surface area contributed by atoms with Gasteiger partial charge in [0.1, 0.15) is 5.75 Å². The summed E-state index contributed by atoms with van der Waals surface area (Å²) < 4.78 is 9.55. The maximum atomic E-state index is 5.38. The van der Waals surface area contributed by atoms with Gasteiger partial charge >= 0.3 is 0 Å². The Balaban J connectivity index is 2.27. The van der Waals surface area contributed by atoms with E-state index in [1.54, 1.807) is 18.4 Å². The smallest absolute Gasteiger partial charge is 0.200 e. The van der Waals surface area contributed by atoms with Crippen LogP contribution in [0.2, 0.25) is 0 Å². The molecule has 2 heterocycles. The molecule has 8 heteroatoms. The molecule has 2 aromatic heterocycles. The Morgan fingerprint density at radius 3 is 2.81 bits per heavy atom. The van der Waals surface area contributed by atoms with Gasteiger partial charge in [-0.05, 0) is 61.6 Å². The third-order valence-corrected chi connectivity index (χ3v) is 5.27. The quantitative estimate of drug-likeness (QED) is 0.562. The number of hydrogen-bond donors (Lipinski definition) is 1. The number of thiophene rings is 1. The van der Waals surface area contributed by atoms with Crippen molar-refractivity contribution in [2.75, 3.05) is 7.11 Å². The summed E-state index contributed by atoms with van der Waals surface area (Å²) in [4.78, 5) is 1.04. The molecule has 0 atom stereocenters. The maximum absolute atomic E-state index is 5.38. The monoisotopic (exact) mass is 445 g/mol. The van der Waals surface area contributed by atoms with Crippen LogP contribution in [0, 0.1) is 4.77 Å². The van der Waals surface area contributed by atoms with Gasteiger partial charge in [0.05, 0.1) is 22.1 Å². The van der Waals surface area contributed by atoms with E-state index < -0.39 is 0 Å². The summed E-state index contributed by atoms with van der Waals surface area (Å²) in [5, 5.41) is 9.20. The summed E-state index contributed by atoms with van der Waals surface area (Å²) in [6, 6.07) is 7.84. The highest BCUT2D eigenvalue weighted by Gasteiger charge is 2.16. The first-order valence-electron chi connectivity index (χ1n) is 5.86. The van der Waals surface area contributed by atoms with Crippen LogP contribution in [-0.4, -0.2) is 21.9 Å². The molecule has 0 aliphatic carbocycles. The van der Waals surface area contributed by atoms with Gasteiger partial charge in [0.2, 0.25) is 0 Å². The predicted molar refractivity (Wildman–Crippen MR) is 94.0 cm³/mol. The van der Waals surface area contributed by atoms with Crippen molar-refractivity contribution in [3.8, 4) is 22.1 Å². The number of ether oxygens (including phenoxy) is 1. The van der Waals surface area contributed by atoms with E-state index >= 15 is 0 Å². The Labute approximate surface area is 147 Å². The molecule has 3 rings (SSSR count). The highest BCUT2D eigenvalue weighted by Crippen LogP contribution is 2.35. The summed E-state index contributed by atoms with van der Waals surface area (Å²) in [5.41, 5.74) is 0.872. The Hall–Kier alpha value is -0.960. The lowest BCUT2D eigenvalue weighted by atomic mass is 10.3. The van der Waals surface area contributed by atoms with Crippen LogP contribution in [0.4, 0.5) is 0 Å². The Morgan fingerprint density at radius 1 is 1.33 bits per heavy atom. The van der Waals surface area contributed by atoms with Crippen LogP contribution in [0.3, 0.4) is 0 Å². The first-order valence-corrected chi connectivity index (χ1v) is 8.74. The lowest BCUT2D eigenvalue weighted by Crippen LogP contribution is -1.99. The molecule has 0 radical (unpaired) electrons. The zero-order chi connectivity index (χ0) is 15.0. The van der Waals surface area contributed by atoms with E-state index in [1.807, 2.05) is 34.2 Å². The molecule has 0 fully saturated rings. The Morgan fingerprint density at radius 2 is 2.14 bits per heavy atom. The van der Waals surface area contributed by atoms with E-state index in [4.69, 9.17) is 17.0 Å². The topological polar surface area (TPSA) is 42.8 Å². The van der Waals surface area contributed by atoms with Crippen LogP contribution >= 0.6 is 55.4 Å². The molecule has 0 bridgehead atoms. The van der Waals surface area contributed by atoms with Crippen LogP contribution in [0.25, 0.3) is 16.4 Å². The first-order chi connectivity index (χ1) is 10.1. The molecule has 3 aromatic rings. The molecular formula is C13H9Br2N3OS2. The normalized spacial score (nSPS) is 10.8. The third kappa shape index (κ3) is 2.73. The minimum Gasteiger partial charge on any atom is -0.495 e. The standard InChI is InChI=1S/C13H9Br2N3OS2/c1-19-10-6-9(7(14)5-8(10)15)18-12(16-17-13(18)20)11-3-2-4-21-11/h2-6H,1H3,(H,17,20). The van der Waals surface area contributed by atoms with E-state index in [9.17, 15) is 0 Å². The number of benzene rings is 1. The Kier molecular flexibility index (Phi) is 4.30. The number of rotatable bonds is 3. The van der Waals surface area contributed by atoms with Crippen molar-refractivity contribution in [3.63, 3.8) is 0 Å². The largest absolute Gasteiger partial charge is 0.495 e. The van der Waals surface area contributed by atoms with Crippen molar-refractivity contribution >= 4 is 55.4 Å². The van der Waals surface area contributed by atoms with E-state index in [0.717, 1.165) is 31.1 Å². The van der Waals surface area contributed by atoms with Crippen molar-refractivity contribution in [1.82, 2.24) is 14.8 Å². The van der Waals surface area contributed by atoms with Gasteiger partial charge in [0.15, 0.2) is 10.6 Å². The second-order valence-corrected chi connectivity index (χ2v) is 7.15. The van der Waals surface area contributed by atoms with Crippen molar-refractivity contribution in [1.29, 1.82) is 0 Å². The lowest BCUT2D eigenvalue weighted by molar-refractivity contribution is 0.412. The minimum atomic E-state index is 0.531. The van der Waals surface area contributed by atoms with E-state index in [-0.39, 0.29) is 0 Å². The van der Waals surface area contributed by atoms with Crippen LogP contribution in [0.5, 0.6) is 5.75 Å². The summed E-state index contributed by atoms with van der Waals surface area (Å²) in [6.07, 6.45) is 0. The highest BCUT2D eigenvalue weighted by atomic mass is 79.9. The van der Waals surface area contributed by atoms with Gasteiger partial charge < -0.3 is 4.74 Å². The maximum Gasteiger partial charge on any atom is 0.200 e. The predicted octanol–water partition coefficient (Wildman–Crippen LogP) is 5.19. The minimum absolute atomic E-state index is 0.531. The number of nitrogens with zero attached hydrogens (tertiary/aromatic N) is 2. The summed E-state index contributed by atoms with van der Waals surface area (Å²) in [6.45, 7) is 0. The summed E-state index contributed by atoms with van der Waals surface area (Å²) >= 11 is 14.0. The first kappa shape index (κ1) is 15.0. The van der Waals surface area contributed by atoms with Gasteiger partial charge in [-0.15, -0.1) is 11.3 Å². The molecule has 0 saturated carbocycles. The molecule has 4 nitrogen and oxygen atoms in total. The fourth-order valence-corrected chi connectivity index (χ4v) is 4.20. The summed E-state index contributed by atoms with van der Waals surface area (Å²) in [7, 11) is 1.63. The molecule has 1 aromatic carbocycles. The van der Waals surface area contributed by atoms with Gasteiger partial charge in [0, 0.05) is 10.5 Å². The Bertz CT molecular complexity index is 840. The number of methoxy groups -OCH3 is 1. The van der Waals surface area contributed by atoms with Gasteiger partial charge in [-0.25, -0.2) is 0 Å². The van der Waals surface area contributed by atoms with Crippen molar-refractivity contribution in [2.45, 2.75) is 0 Å². The second kappa shape index (κ2) is 6.04. The van der Waals surface area contributed by atoms with Crippen LogP contribution in [0.1, 0.15) is 0 Å². The van der Waals surface area contributed by atoms with Crippen molar-refractivity contribution < 1.29 is 4.74 Å². The molecule has 1 N–H and O–H groups in total. The van der Waals surface area contributed by atoms with Gasteiger partial charge in [-0.2, -0.15) is 5.10 Å². The molecule has 21 heavy (non-hydrogen) atoms. The number of H-pyrrole nitrogens is 1. The van der Waals surface area contributed by atoms with Crippen LogP contribution < -0.4 is 4.74 Å². The van der Waals surface area contributed by atoms with Crippen LogP contribution in [0.15, 0.2) is 38.6 Å². The molecule has 0 aliphatic heterocycles. The van der Waals surface area contributed by atoms with Gasteiger partial charge in [0.25, 0.3) is 0 Å². The van der Waals surface area contributed by atoms with Crippen molar-refractivity contribution in [3.05, 3.63) is 43.4 Å². The SMILES string of the molecule is COc1cc(-n2c(-c3cccs3)n[nH]c2=S)c(Br)cc1Br. The van der Waals surface area contributed by atoms with Gasteiger partial charge in [-0.3, -0.25) is 9.67 Å². The van der Waals surface area contributed by atoms with Crippen LogP contribution in [-0.2, 0) is 0 Å². The third-order valence-electron chi connectivity index (χ3n) is 2.88. The lowest BCUT2D eigenvalue weighted by Gasteiger charge is -2.11. The van der Waals surface area contributed by atoms with E-state index in [2.05, 4.69) is 42.1 Å². The van der Waals surface area contributed by atoms with E-state index in [1.165, 1.54) is 0 Å². The van der Waals surface area contributed by atoms with Crippen molar-refractivity contribution in [2.24, 2.45) is 0 Å². The number of aromatic nitrogens is 3. The molecule has 0 unspecified atom stereocenters. The zero-order valence-electron chi connectivity index (χ0n) is 10.8. The molecule has 0 aliphatic rings. The number of nitrogens with one attached hydrogen (secondary N) is 1. The molecule has 0 saturated heterocycles. The van der Waals surface area contributed by atoms with E-state index in [0.29, 0.717) is 4.77 Å². The average molecular weight is 447 g/mol. The molecular weight excluding hydrogens is 438 g/mol. The molecule has 0 amide bonds. The summed E-state index contributed by atoms with van der Waals surface area (Å²) in [5.74, 6) is 1.51. The molecule has 0 spiro atoms.